The van der Waals surface area contributed by atoms with Crippen molar-refractivity contribution in [1.82, 2.24) is 5.32 Å². The molecular weight excluding hydrogens is 421 g/mol. The summed E-state index contributed by atoms with van der Waals surface area (Å²) in [6.07, 6.45) is 1.81. The first kappa shape index (κ1) is 22.9. The third-order valence-electron chi connectivity index (χ3n) is 3.04. The summed E-state index contributed by atoms with van der Waals surface area (Å²) in [5.74, 6) is 1.57. The third-order valence-corrected chi connectivity index (χ3v) is 3.04. The molecule has 1 aromatic carbocycles. The van der Waals surface area contributed by atoms with Crippen molar-refractivity contribution in [3.8, 4) is 5.75 Å². The van der Waals surface area contributed by atoms with Gasteiger partial charge in [0.2, 0.25) is 0 Å². The van der Waals surface area contributed by atoms with E-state index in [0.29, 0.717) is 13.2 Å². The van der Waals surface area contributed by atoms with E-state index in [1.807, 2.05) is 31.2 Å². The maximum absolute atomic E-state index is 5.69. The zero-order valence-electron chi connectivity index (χ0n) is 14.8. The molecule has 0 amide bonds. The number of hydrogen-bond donors (Lipinski definition) is 2. The Kier molecular flexibility index (Phi) is 14.8. The van der Waals surface area contributed by atoms with Gasteiger partial charge in [-0.1, -0.05) is 6.07 Å². The fourth-order valence-corrected chi connectivity index (χ4v) is 1.90. The lowest BCUT2D eigenvalue weighted by Gasteiger charge is -2.13. The lowest BCUT2D eigenvalue weighted by atomic mass is 10.3. The molecule has 0 saturated carbocycles. The van der Waals surface area contributed by atoms with Crippen LogP contribution in [0.5, 0.6) is 5.75 Å². The SMILES string of the molecule is CCOCCCNC(=NC)Nc1cccc(OCCCOC)c1.I. The van der Waals surface area contributed by atoms with Crippen molar-refractivity contribution < 1.29 is 14.2 Å². The summed E-state index contributed by atoms with van der Waals surface area (Å²) < 4.78 is 16.0. The van der Waals surface area contributed by atoms with Gasteiger partial charge in [0.05, 0.1) is 6.61 Å². The molecule has 0 aromatic heterocycles. The lowest BCUT2D eigenvalue weighted by Crippen LogP contribution is -2.31. The summed E-state index contributed by atoms with van der Waals surface area (Å²) in [6.45, 7) is 5.67. The minimum atomic E-state index is 0. The van der Waals surface area contributed by atoms with E-state index in [2.05, 4.69) is 15.6 Å². The Balaban J connectivity index is 0.00000529. The summed E-state index contributed by atoms with van der Waals surface area (Å²) in [6, 6.07) is 7.83. The van der Waals surface area contributed by atoms with Crippen molar-refractivity contribution >= 4 is 35.6 Å². The maximum Gasteiger partial charge on any atom is 0.195 e. The van der Waals surface area contributed by atoms with Gasteiger partial charge in [-0.2, -0.15) is 0 Å². The Labute approximate surface area is 162 Å². The van der Waals surface area contributed by atoms with Crippen LogP contribution in [-0.2, 0) is 9.47 Å². The number of benzene rings is 1. The fourth-order valence-electron chi connectivity index (χ4n) is 1.90. The van der Waals surface area contributed by atoms with E-state index >= 15 is 0 Å². The van der Waals surface area contributed by atoms with Crippen LogP contribution in [0.4, 0.5) is 5.69 Å². The van der Waals surface area contributed by atoms with Crippen LogP contribution in [0.15, 0.2) is 29.3 Å². The number of guanidine groups is 1. The minimum Gasteiger partial charge on any atom is -0.493 e. The van der Waals surface area contributed by atoms with Crippen LogP contribution in [0.25, 0.3) is 0 Å². The normalized spacial score (nSPS) is 10.9. The molecule has 24 heavy (non-hydrogen) atoms. The molecule has 0 unspecified atom stereocenters. The second kappa shape index (κ2) is 15.5. The van der Waals surface area contributed by atoms with E-state index in [9.17, 15) is 0 Å². The van der Waals surface area contributed by atoms with Crippen LogP contribution in [0, 0.1) is 0 Å². The van der Waals surface area contributed by atoms with Crippen LogP contribution in [0.3, 0.4) is 0 Å². The zero-order chi connectivity index (χ0) is 16.8. The topological polar surface area (TPSA) is 64.1 Å². The number of aliphatic imine (C=N–C) groups is 1. The smallest absolute Gasteiger partial charge is 0.195 e. The molecule has 2 N–H and O–H groups in total. The van der Waals surface area contributed by atoms with E-state index in [0.717, 1.165) is 50.0 Å². The lowest BCUT2D eigenvalue weighted by molar-refractivity contribution is 0.146. The van der Waals surface area contributed by atoms with Crippen molar-refractivity contribution in [3.63, 3.8) is 0 Å². The zero-order valence-corrected chi connectivity index (χ0v) is 17.2. The maximum atomic E-state index is 5.69. The molecule has 0 saturated heterocycles. The highest BCUT2D eigenvalue weighted by molar-refractivity contribution is 14.0. The van der Waals surface area contributed by atoms with Gasteiger partial charge in [-0.3, -0.25) is 4.99 Å². The first-order chi connectivity index (χ1) is 11.3. The molecule has 0 aliphatic carbocycles. The average Bonchev–Trinajstić information content (AvgIpc) is 2.58. The second-order valence-electron chi connectivity index (χ2n) is 4.90. The summed E-state index contributed by atoms with van der Waals surface area (Å²) in [5, 5.41) is 6.51. The number of rotatable bonds is 11. The molecular formula is C17H30IN3O3. The molecule has 6 nitrogen and oxygen atoms in total. The first-order valence-electron chi connectivity index (χ1n) is 8.07. The Hall–Kier alpha value is -1.06. The van der Waals surface area contributed by atoms with Crippen molar-refractivity contribution in [2.24, 2.45) is 4.99 Å². The number of methoxy groups -OCH3 is 1. The van der Waals surface area contributed by atoms with E-state index in [4.69, 9.17) is 14.2 Å². The van der Waals surface area contributed by atoms with Crippen molar-refractivity contribution in [1.29, 1.82) is 0 Å². The van der Waals surface area contributed by atoms with E-state index in [1.54, 1.807) is 14.2 Å². The standard InChI is InChI=1S/C17H29N3O3.HI/c1-4-22-12-6-10-19-17(18-2)20-15-8-5-9-16(14-15)23-13-7-11-21-3;/h5,8-9,14H,4,6-7,10-13H2,1-3H3,(H2,18,19,20);1H. The predicted octanol–water partition coefficient (Wildman–Crippen LogP) is 3.13. The molecule has 0 spiro atoms. The Bertz CT molecular complexity index is 458. The van der Waals surface area contributed by atoms with Gasteiger partial charge in [-0.05, 0) is 25.5 Å². The largest absolute Gasteiger partial charge is 0.493 e. The molecule has 1 rings (SSSR count). The van der Waals surface area contributed by atoms with E-state index < -0.39 is 0 Å². The van der Waals surface area contributed by atoms with Crippen LogP contribution in [-0.4, -0.2) is 53.1 Å². The highest BCUT2D eigenvalue weighted by Crippen LogP contribution is 2.17. The van der Waals surface area contributed by atoms with Gasteiger partial charge in [0, 0.05) is 58.7 Å². The van der Waals surface area contributed by atoms with Crippen LogP contribution in [0.1, 0.15) is 19.8 Å². The number of anilines is 1. The van der Waals surface area contributed by atoms with Gasteiger partial charge in [-0.15, -0.1) is 24.0 Å². The summed E-state index contributed by atoms with van der Waals surface area (Å²) in [5.41, 5.74) is 0.937. The Morgan fingerprint density at radius 1 is 1.17 bits per heavy atom. The number of nitrogens with one attached hydrogen (secondary N) is 2. The number of hydrogen-bond acceptors (Lipinski definition) is 4. The summed E-state index contributed by atoms with van der Waals surface area (Å²) in [4.78, 5) is 4.21. The minimum absolute atomic E-state index is 0. The van der Waals surface area contributed by atoms with Crippen LogP contribution < -0.4 is 15.4 Å². The van der Waals surface area contributed by atoms with Gasteiger partial charge in [0.1, 0.15) is 5.75 Å². The Morgan fingerprint density at radius 3 is 2.71 bits per heavy atom. The summed E-state index contributed by atoms with van der Waals surface area (Å²) >= 11 is 0. The molecule has 0 bridgehead atoms. The molecule has 0 aliphatic heterocycles. The number of nitrogens with zero attached hydrogens (tertiary/aromatic N) is 1. The molecule has 0 heterocycles. The highest BCUT2D eigenvalue weighted by atomic mass is 127. The monoisotopic (exact) mass is 451 g/mol. The third kappa shape index (κ3) is 10.7. The van der Waals surface area contributed by atoms with Crippen molar-refractivity contribution in [2.45, 2.75) is 19.8 Å². The molecule has 0 aliphatic rings. The Morgan fingerprint density at radius 2 is 2.00 bits per heavy atom. The first-order valence-corrected chi connectivity index (χ1v) is 8.07. The van der Waals surface area contributed by atoms with Gasteiger partial charge in [0.15, 0.2) is 5.96 Å². The van der Waals surface area contributed by atoms with Crippen LogP contribution in [0.2, 0.25) is 0 Å². The molecule has 0 radical (unpaired) electrons. The average molecular weight is 451 g/mol. The highest BCUT2D eigenvalue weighted by Gasteiger charge is 2.01. The molecule has 0 fully saturated rings. The van der Waals surface area contributed by atoms with E-state index in [1.165, 1.54) is 0 Å². The summed E-state index contributed by atoms with van der Waals surface area (Å²) in [7, 11) is 3.44. The van der Waals surface area contributed by atoms with Gasteiger partial charge >= 0.3 is 0 Å². The molecule has 0 atom stereocenters. The molecule has 138 valence electrons. The van der Waals surface area contributed by atoms with E-state index in [-0.39, 0.29) is 24.0 Å². The number of halogens is 1. The van der Waals surface area contributed by atoms with Gasteiger partial charge in [0.25, 0.3) is 0 Å². The molecule has 1 aromatic rings. The molecule has 7 heteroatoms. The fraction of sp³-hybridized carbons (Fsp3) is 0.588. The van der Waals surface area contributed by atoms with Crippen LogP contribution >= 0.6 is 24.0 Å². The van der Waals surface area contributed by atoms with Gasteiger partial charge in [-0.25, -0.2) is 0 Å². The van der Waals surface area contributed by atoms with Crippen molar-refractivity contribution in [3.05, 3.63) is 24.3 Å². The van der Waals surface area contributed by atoms with Crippen molar-refractivity contribution in [2.75, 3.05) is 52.4 Å². The van der Waals surface area contributed by atoms with Gasteiger partial charge < -0.3 is 24.8 Å². The number of ether oxygens (including phenoxy) is 3. The second-order valence-corrected chi connectivity index (χ2v) is 4.90. The predicted molar refractivity (Wildman–Crippen MR) is 110 cm³/mol. The quantitative estimate of drug-likeness (QED) is 0.234.